The van der Waals surface area contributed by atoms with Crippen molar-refractivity contribution in [3.8, 4) is 11.5 Å². The van der Waals surface area contributed by atoms with Crippen molar-refractivity contribution in [1.82, 2.24) is 15.0 Å². The summed E-state index contributed by atoms with van der Waals surface area (Å²) in [6, 6.07) is 11.9. The molecule has 0 spiro atoms. The molecule has 2 aromatic heterocycles. The molecule has 0 unspecified atom stereocenters. The van der Waals surface area contributed by atoms with Gasteiger partial charge in [0.25, 0.3) is 0 Å². The summed E-state index contributed by atoms with van der Waals surface area (Å²) in [7, 11) is 0. The van der Waals surface area contributed by atoms with Gasteiger partial charge in [-0.25, -0.2) is 9.97 Å². The summed E-state index contributed by atoms with van der Waals surface area (Å²) < 4.78 is 11.5. The number of ether oxygens (including phenoxy) is 2. The van der Waals surface area contributed by atoms with Crippen LogP contribution in [0.5, 0.6) is 11.5 Å². The van der Waals surface area contributed by atoms with Crippen LogP contribution in [0.3, 0.4) is 0 Å². The molecule has 0 saturated carbocycles. The van der Waals surface area contributed by atoms with Gasteiger partial charge in [-0.1, -0.05) is 0 Å². The Kier molecular flexibility index (Phi) is 4.54. The van der Waals surface area contributed by atoms with Crippen molar-refractivity contribution in [2.75, 3.05) is 18.5 Å². The lowest BCUT2D eigenvalue weighted by molar-refractivity contribution is 0.332. The molecule has 2 heterocycles. The maximum atomic E-state index is 5.80. The molecular weight excluding hydrogens is 340 g/mol. The molecule has 0 amide bonds. The van der Waals surface area contributed by atoms with E-state index in [0.29, 0.717) is 13.2 Å². The maximum Gasteiger partial charge on any atom is 0.142 e. The van der Waals surface area contributed by atoms with E-state index < -0.39 is 0 Å². The summed E-state index contributed by atoms with van der Waals surface area (Å²) >= 11 is 0. The van der Waals surface area contributed by atoms with Gasteiger partial charge in [0, 0.05) is 22.7 Å². The Bertz CT molecular complexity index is 1100. The summed E-state index contributed by atoms with van der Waals surface area (Å²) in [4.78, 5) is 12.2. The highest BCUT2D eigenvalue weighted by atomic mass is 16.5. The minimum Gasteiger partial charge on any atom is -0.494 e. The van der Waals surface area contributed by atoms with Gasteiger partial charge in [0.05, 0.1) is 30.1 Å². The van der Waals surface area contributed by atoms with Gasteiger partial charge in [-0.05, 0) is 51.1 Å². The van der Waals surface area contributed by atoms with Crippen molar-refractivity contribution in [2.45, 2.75) is 20.8 Å². The van der Waals surface area contributed by atoms with Gasteiger partial charge in [0.15, 0.2) is 0 Å². The Balaban J connectivity index is 1.88. The topological polar surface area (TPSA) is 72.1 Å². The number of imidazole rings is 1. The van der Waals surface area contributed by atoms with Crippen molar-refractivity contribution < 1.29 is 9.47 Å². The molecule has 4 rings (SSSR count). The molecule has 138 valence electrons. The number of pyridine rings is 1. The van der Waals surface area contributed by atoms with Crippen molar-refractivity contribution in [1.29, 1.82) is 0 Å². The lowest BCUT2D eigenvalue weighted by Crippen LogP contribution is -2.01. The highest BCUT2D eigenvalue weighted by Crippen LogP contribution is 2.36. The van der Waals surface area contributed by atoms with E-state index in [0.717, 1.165) is 50.5 Å². The van der Waals surface area contributed by atoms with E-state index in [1.54, 1.807) is 6.33 Å². The van der Waals surface area contributed by atoms with E-state index in [1.807, 2.05) is 51.1 Å². The summed E-state index contributed by atoms with van der Waals surface area (Å²) in [5.74, 6) is 1.57. The Morgan fingerprint density at radius 2 is 1.81 bits per heavy atom. The third-order valence-electron chi connectivity index (χ3n) is 4.33. The van der Waals surface area contributed by atoms with Gasteiger partial charge in [0.2, 0.25) is 0 Å². The fourth-order valence-electron chi connectivity index (χ4n) is 3.27. The molecule has 0 radical (unpaired) electrons. The zero-order chi connectivity index (χ0) is 18.8. The van der Waals surface area contributed by atoms with Crippen molar-refractivity contribution >= 4 is 33.3 Å². The fourth-order valence-corrected chi connectivity index (χ4v) is 3.27. The van der Waals surface area contributed by atoms with Crippen LogP contribution in [0.2, 0.25) is 0 Å². The van der Waals surface area contributed by atoms with Crippen molar-refractivity contribution in [3.05, 3.63) is 48.4 Å². The average Bonchev–Trinajstić information content (AvgIpc) is 3.12. The lowest BCUT2D eigenvalue weighted by Gasteiger charge is -2.16. The average molecular weight is 362 g/mol. The van der Waals surface area contributed by atoms with Crippen LogP contribution >= 0.6 is 0 Å². The largest absolute Gasteiger partial charge is 0.494 e. The number of nitrogens with one attached hydrogen (secondary N) is 2. The monoisotopic (exact) mass is 362 g/mol. The van der Waals surface area contributed by atoms with Gasteiger partial charge in [-0.15, -0.1) is 0 Å². The Morgan fingerprint density at radius 3 is 2.63 bits per heavy atom. The van der Waals surface area contributed by atoms with E-state index in [2.05, 4.69) is 26.3 Å². The third-order valence-corrected chi connectivity index (χ3v) is 4.33. The SMILES string of the molecule is CCOc1ccc(OCC)c(Nc2cc(C)[nH]c3ccc4ncnc4c23)c1. The van der Waals surface area contributed by atoms with Crippen LogP contribution in [0.1, 0.15) is 19.5 Å². The maximum absolute atomic E-state index is 5.80. The first-order valence-electron chi connectivity index (χ1n) is 9.09. The molecule has 0 bridgehead atoms. The van der Waals surface area contributed by atoms with Gasteiger partial charge in [0.1, 0.15) is 23.3 Å². The molecule has 0 aliphatic rings. The number of H-pyrrole nitrogens is 1. The van der Waals surface area contributed by atoms with Crippen LogP contribution in [0.4, 0.5) is 11.4 Å². The molecule has 0 aliphatic carbocycles. The van der Waals surface area contributed by atoms with Crippen molar-refractivity contribution in [3.63, 3.8) is 0 Å². The van der Waals surface area contributed by atoms with Crippen LogP contribution in [-0.4, -0.2) is 28.2 Å². The van der Waals surface area contributed by atoms with Gasteiger partial charge in [-0.2, -0.15) is 0 Å². The number of fused-ring (bicyclic) bond motifs is 3. The first-order valence-corrected chi connectivity index (χ1v) is 9.09. The first-order chi connectivity index (χ1) is 13.2. The van der Waals surface area contributed by atoms with E-state index >= 15 is 0 Å². The highest BCUT2D eigenvalue weighted by molar-refractivity contribution is 6.10. The molecule has 6 nitrogen and oxygen atoms in total. The lowest BCUT2D eigenvalue weighted by atomic mass is 10.1. The van der Waals surface area contributed by atoms with Crippen molar-refractivity contribution in [2.24, 2.45) is 0 Å². The number of hydrogen-bond acceptors (Lipinski definition) is 5. The van der Waals surface area contributed by atoms with Crippen LogP contribution in [0, 0.1) is 6.92 Å². The molecule has 2 N–H and O–H groups in total. The highest BCUT2D eigenvalue weighted by Gasteiger charge is 2.13. The second kappa shape index (κ2) is 7.15. The molecule has 4 aromatic rings. The summed E-state index contributed by atoms with van der Waals surface area (Å²) in [5.41, 5.74) is 5.58. The molecule has 27 heavy (non-hydrogen) atoms. The molecule has 0 atom stereocenters. The zero-order valence-electron chi connectivity index (χ0n) is 15.7. The van der Waals surface area contributed by atoms with Crippen LogP contribution < -0.4 is 14.8 Å². The minimum absolute atomic E-state index is 0.587. The normalized spacial score (nSPS) is 11.1. The Labute approximate surface area is 157 Å². The van der Waals surface area contributed by atoms with Gasteiger partial charge >= 0.3 is 0 Å². The molecule has 6 heteroatoms. The van der Waals surface area contributed by atoms with Gasteiger partial charge in [-0.3, -0.25) is 0 Å². The Hall–Kier alpha value is -3.28. The molecule has 0 fully saturated rings. The number of rotatable bonds is 6. The third kappa shape index (κ3) is 3.26. The standard InChI is InChI=1S/C21H22N4O2/c1-4-26-14-6-9-19(27-5-2)17(11-14)25-18-10-13(3)24-15-7-8-16-21(20(15)18)23-12-22-16/h6-12,24-25H,4-5H2,1-3H3. The summed E-state index contributed by atoms with van der Waals surface area (Å²) in [6.07, 6.45) is 1.59. The van der Waals surface area contributed by atoms with E-state index in [-0.39, 0.29) is 0 Å². The second-order valence-electron chi connectivity index (χ2n) is 6.24. The smallest absolute Gasteiger partial charge is 0.142 e. The number of nitrogens with zero attached hydrogens (tertiary/aromatic N) is 2. The summed E-state index contributed by atoms with van der Waals surface area (Å²) in [6.45, 7) is 7.17. The fraction of sp³-hybridized carbons (Fsp3) is 0.238. The molecular formula is C21H22N4O2. The molecule has 2 aromatic carbocycles. The number of hydrogen-bond donors (Lipinski definition) is 2. The van der Waals surface area contributed by atoms with Crippen LogP contribution in [-0.2, 0) is 0 Å². The van der Waals surface area contributed by atoms with Crippen LogP contribution in [0.25, 0.3) is 21.9 Å². The Morgan fingerprint density at radius 1 is 0.963 bits per heavy atom. The van der Waals surface area contributed by atoms with Crippen LogP contribution in [0.15, 0.2) is 42.7 Å². The predicted octanol–water partition coefficient (Wildman–Crippen LogP) is 4.96. The number of aromatic amines is 1. The second-order valence-corrected chi connectivity index (χ2v) is 6.24. The number of aromatic nitrogens is 3. The van der Waals surface area contributed by atoms with E-state index in [1.165, 1.54) is 0 Å². The predicted molar refractivity (Wildman–Crippen MR) is 108 cm³/mol. The van der Waals surface area contributed by atoms with E-state index in [4.69, 9.17) is 9.47 Å². The zero-order valence-corrected chi connectivity index (χ0v) is 15.7. The number of benzene rings is 2. The minimum atomic E-state index is 0.587. The number of anilines is 2. The molecule has 0 aliphatic heterocycles. The summed E-state index contributed by atoms with van der Waals surface area (Å²) in [5, 5.41) is 4.53. The van der Waals surface area contributed by atoms with Gasteiger partial charge < -0.3 is 19.8 Å². The first kappa shape index (κ1) is 17.1. The van der Waals surface area contributed by atoms with E-state index in [9.17, 15) is 0 Å². The quantitative estimate of drug-likeness (QED) is 0.507. The number of aryl methyl sites for hydroxylation is 1. The molecule has 0 saturated heterocycles.